The average Bonchev–Trinajstić information content (AvgIpc) is 2.66. The van der Waals surface area contributed by atoms with E-state index in [2.05, 4.69) is 0 Å². The number of ether oxygens (including phenoxy) is 1. The molecule has 2 rings (SSSR count). The number of rotatable bonds is 3. The van der Waals surface area contributed by atoms with Crippen molar-refractivity contribution in [3.05, 3.63) is 41.0 Å². The molecule has 0 fully saturated rings. The summed E-state index contributed by atoms with van der Waals surface area (Å²) in [6, 6.07) is 5.60. The van der Waals surface area contributed by atoms with Crippen LogP contribution in [0.15, 0.2) is 24.3 Å². The van der Waals surface area contributed by atoms with Crippen molar-refractivity contribution in [2.24, 2.45) is 0 Å². The minimum atomic E-state index is -0.248. The molecule has 4 heteroatoms. The predicted molar refractivity (Wildman–Crippen MR) is 67.7 cm³/mol. The minimum Gasteiger partial charge on any atom is -0.457 e. The summed E-state index contributed by atoms with van der Waals surface area (Å²) in [4.78, 5) is 22.0. The molecule has 1 aliphatic heterocycles. The standard InChI is InChI=1S/C13H12O3S/c1-9(14)17-6-2-3-10-4-5-12-11(7-10)8-16-13(12)15/h2-5,7H,6,8H2,1H3. The Morgan fingerprint density at radius 2 is 2.35 bits per heavy atom. The van der Waals surface area contributed by atoms with Crippen molar-refractivity contribution in [1.82, 2.24) is 0 Å². The summed E-state index contributed by atoms with van der Waals surface area (Å²) in [5.74, 6) is 0.421. The summed E-state index contributed by atoms with van der Waals surface area (Å²) in [5.41, 5.74) is 2.60. The van der Waals surface area contributed by atoms with Crippen LogP contribution in [0.5, 0.6) is 0 Å². The van der Waals surface area contributed by atoms with Crippen molar-refractivity contribution in [3.8, 4) is 0 Å². The lowest BCUT2D eigenvalue weighted by Gasteiger charge is -1.97. The Balaban J connectivity index is 2.03. The van der Waals surface area contributed by atoms with Crippen LogP contribution >= 0.6 is 11.8 Å². The van der Waals surface area contributed by atoms with Crippen molar-refractivity contribution in [2.75, 3.05) is 5.75 Å². The SMILES string of the molecule is CC(=O)SCC=Cc1ccc2c(c1)COC2=O. The third-order valence-electron chi connectivity index (χ3n) is 2.40. The second-order valence-electron chi connectivity index (χ2n) is 3.70. The molecule has 0 saturated heterocycles. The fourth-order valence-corrected chi connectivity index (χ4v) is 2.03. The van der Waals surface area contributed by atoms with E-state index < -0.39 is 0 Å². The maximum atomic E-state index is 11.2. The Kier molecular flexibility index (Phi) is 3.64. The lowest BCUT2D eigenvalue weighted by Crippen LogP contribution is -1.92. The van der Waals surface area contributed by atoms with Crippen molar-refractivity contribution in [2.45, 2.75) is 13.5 Å². The molecule has 1 aliphatic rings. The number of cyclic esters (lactones) is 1. The Labute approximate surface area is 104 Å². The zero-order chi connectivity index (χ0) is 12.3. The van der Waals surface area contributed by atoms with E-state index in [0.29, 0.717) is 17.9 Å². The van der Waals surface area contributed by atoms with Crippen LogP contribution in [0.3, 0.4) is 0 Å². The van der Waals surface area contributed by atoms with Gasteiger partial charge in [0.1, 0.15) is 6.61 Å². The van der Waals surface area contributed by atoms with Gasteiger partial charge in [0.05, 0.1) is 5.56 Å². The average molecular weight is 248 g/mol. The molecule has 0 aliphatic carbocycles. The molecule has 1 heterocycles. The topological polar surface area (TPSA) is 43.4 Å². The maximum Gasteiger partial charge on any atom is 0.338 e. The largest absolute Gasteiger partial charge is 0.457 e. The molecular formula is C13H12O3S. The lowest BCUT2D eigenvalue weighted by atomic mass is 10.1. The van der Waals surface area contributed by atoms with Crippen LogP contribution < -0.4 is 0 Å². The van der Waals surface area contributed by atoms with Gasteiger partial charge in [-0.3, -0.25) is 4.79 Å². The van der Waals surface area contributed by atoms with E-state index >= 15 is 0 Å². The van der Waals surface area contributed by atoms with E-state index in [0.717, 1.165) is 11.1 Å². The molecule has 0 aromatic heterocycles. The lowest BCUT2D eigenvalue weighted by molar-refractivity contribution is -0.109. The molecule has 0 saturated carbocycles. The molecule has 1 aromatic rings. The van der Waals surface area contributed by atoms with Gasteiger partial charge in [-0.25, -0.2) is 4.79 Å². The van der Waals surface area contributed by atoms with E-state index in [-0.39, 0.29) is 11.1 Å². The number of benzene rings is 1. The summed E-state index contributed by atoms with van der Waals surface area (Å²) in [6.07, 6.45) is 3.88. The number of carbonyl (C=O) groups excluding carboxylic acids is 2. The van der Waals surface area contributed by atoms with Gasteiger partial charge < -0.3 is 4.74 Å². The van der Waals surface area contributed by atoms with Gasteiger partial charge in [-0.05, 0) is 17.7 Å². The molecular weight excluding hydrogens is 236 g/mol. The summed E-state index contributed by atoms with van der Waals surface area (Å²) < 4.78 is 4.92. The van der Waals surface area contributed by atoms with Crippen LogP contribution in [-0.4, -0.2) is 16.8 Å². The number of thioether (sulfide) groups is 1. The van der Waals surface area contributed by atoms with Gasteiger partial charge in [-0.2, -0.15) is 0 Å². The normalized spacial score (nSPS) is 13.8. The van der Waals surface area contributed by atoms with Crippen LogP contribution in [0, 0.1) is 0 Å². The Morgan fingerprint density at radius 1 is 1.53 bits per heavy atom. The van der Waals surface area contributed by atoms with E-state index in [9.17, 15) is 9.59 Å². The fraction of sp³-hybridized carbons (Fsp3) is 0.231. The number of fused-ring (bicyclic) bond motifs is 1. The third-order valence-corrected chi connectivity index (χ3v) is 3.17. The summed E-state index contributed by atoms with van der Waals surface area (Å²) in [7, 11) is 0. The van der Waals surface area contributed by atoms with Crippen molar-refractivity contribution in [1.29, 1.82) is 0 Å². The Morgan fingerprint density at radius 3 is 3.12 bits per heavy atom. The molecule has 0 N–H and O–H groups in total. The van der Waals surface area contributed by atoms with Crippen LogP contribution in [0.1, 0.15) is 28.4 Å². The van der Waals surface area contributed by atoms with Gasteiger partial charge in [0.25, 0.3) is 0 Å². The number of esters is 1. The molecule has 3 nitrogen and oxygen atoms in total. The monoisotopic (exact) mass is 248 g/mol. The molecule has 0 amide bonds. The highest BCUT2D eigenvalue weighted by atomic mass is 32.2. The van der Waals surface area contributed by atoms with Crippen molar-refractivity contribution in [3.63, 3.8) is 0 Å². The van der Waals surface area contributed by atoms with Gasteiger partial charge in [0.2, 0.25) is 0 Å². The second-order valence-corrected chi connectivity index (χ2v) is 4.89. The second kappa shape index (κ2) is 5.19. The van der Waals surface area contributed by atoms with E-state index in [1.807, 2.05) is 24.3 Å². The molecule has 17 heavy (non-hydrogen) atoms. The fourth-order valence-electron chi connectivity index (χ4n) is 1.61. The van der Waals surface area contributed by atoms with Crippen LogP contribution in [-0.2, 0) is 16.1 Å². The first-order valence-corrected chi connectivity index (χ1v) is 6.25. The Hall–Kier alpha value is -1.55. The maximum absolute atomic E-state index is 11.2. The zero-order valence-electron chi connectivity index (χ0n) is 9.43. The van der Waals surface area contributed by atoms with Gasteiger partial charge >= 0.3 is 5.97 Å². The Bertz CT molecular complexity index is 491. The number of carbonyl (C=O) groups is 2. The van der Waals surface area contributed by atoms with Crippen LogP contribution in [0.4, 0.5) is 0 Å². The first-order chi connectivity index (χ1) is 8.16. The predicted octanol–water partition coefficient (Wildman–Crippen LogP) is 2.65. The third kappa shape index (κ3) is 2.97. The molecule has 88 valence electrons. The van der Waals surface area contributed by atoms with Crippen molar-refractivity contribution >= 4 is 28.9 Å². The molecule has 0 bridgehead atoms. The van der Waals surface area contributed by atoms with Gasteiger partial charge in [-0.1, -0.05) is 30.0 Å². The highest BCUT2D eigenvalue weighted by molar-refractivity contribution is 8.13. The quantitative estimate of drug-likeness (QED) is 0.771. The zero-order valence-corrected chi connectivity index (χ0v) is 10.3. The molecule has 0 radical (unpaired) electrons. The molecule has 0 atom stereocenters. The van der Waals surface area contributed by atoms with E-state index in [4.69, 9.17) is 4.74 Å². The molecule has 0 spiro atoms. The van der Waals surface area contributed by atoms with Crippen molar-refractivity contribution < 1.29 is 14.3 Å². The van der Waals surface area contributed by atoms with Gasteiger partial charge in [0, 0.05) is 18.2 Å². The van der Waals surface area contributed by atoms with E-state index in [1.165, 1.54) is 11.8 Å². The summed E-state index contributed by atoms with van der Waals surface area (Å²) in [6.45, 7) is 1.91. The minimum absolute atomic E-state index is 0.114. The highest BCUT2D eigenvalue weighted by Crippen LogP contribution is 2.21. The highest BCUT2D eigenvalue weighted by Gasteiger charge is 2.20. The summed E-state index contributed by atoms with van der Waals surface area (Å²) >= 11 is 1.27. The van der Waals surface area contributed by atoms with E-state index in [1.54, 1.807) is 13.0 Å². The smallest absolute Gasteiger partial charge is 0.338 e. The number of hydrogen-bond donors (Lipinski definition) is 0. The number of hydrogen-bond acceptors (Lipinski definition) is 4. The van der Waals surface area contributed by atoms with Gasteiger partial charge in [-0.15, -0.1) is 0 Å². The first kappa shape index (κ1) is 11.9. The first-order valence-electron chi connectivity index (χ1n) is 5.27. The molecule has 1 aromatic carbocycles. The summed E-state index contributed by atoms with van der Waals surface area (Å²) in [5, 5.41) is 0.114. The van der Waals surface area contributed by atoms with Gasteiger partial charge in [0.15, 0.2) is 5.12 Å². The molecule has 0 unspecified atom stereocenters. The van der Waals surface area contributed by atoms with Crippen LogP contribution in [0.2, 0.25) is 0 Å². The van der Waals surface area contributed by atoms with Crippen LogP contribution in [0.25, 0.3) is 6.08 Å².